The molecule has 2 rings (SSSR count). The molecule has 0 aliphatic carbocycles. The van der Waals surface area contributed by atoms with Crippen LogP contribution in [0, 0.1) is 13.0 Å². The van der Waals surface area contributed by atoms with E-state index in [-0.39, 0.29) is 20.4 Å². The van der Waals surface area contributed by atoms with Crippen LogP contribution in [0.15, 0.2) is 36.4 Å². The first-order chi connectivity index (χ1) is 6.36. The second-order valence-electron chi connectivity index (χ2n) is 2.74. The Balaban J connectivity index is 0.000000531. The second-order valence-corrected chi connectivity index (χ2v) is 2.74. The first-order valence-corrected chi connectivity index (χ1v) is 4.73. The van der Waals surface area contributed by atoms with Crippen LogP contribution in [0.2, 0.25) is 0 Å². The summed E-state index contributed by atoms with van der Waals surface area (Å²) in [4.78, 5) is 0. The molecule has 2 aromatic carbocycles. The third-order valence-corrected chi connectivity index (χ3v) is 1.82. The molecule has 75 valence electrons. The van der Waals surface area contributed by atoms with Crippen LogP contribution in [0.5, 0.6) is 0 Å². The van der Waals surface area contributed by atoms with Gasteiger partial charge in [-0.3, -0.25) is 0 Å². The number of fused-ring (bicyclic) bond motifs is 1. The van der Waals surface area contributed by atoms with Gasteiger partial charge in [0.15, 0.2) is 0 Å². The molecule has 0 aromatic heterocycles. The van der Waals surface area contributed by atoms with Crippen molar-refractivity contribution >= 4 is 10.8 Å². The topological polar surface area (TPSA) is 0 Å². The van der Waals surface area contributed by atoms with Crippen LogP contribution < -0.4 is 0 Å². The van der Waals surface area contributed by atoms with E-state index in [0.29, 0.717) is 0 Å². The number of hydrogen-bond acceptors (Lipinski definition) is 0. The third kappa shape index (κ3) is 3.25. The first kappa shape index (κ1) is 13.4. The zero-order chi connectivity index (χ0) is 9.68. The van der Waals surface area contributed by atoms with Gasteiger partial charge in [0.25, 0.3) is 0 Å². The molecule has 0 bridgehead atoms. The minimum absolute atomic E-state index is 0. The SMILES string of the molecule is CC.Cc1[c-]cc2ccccc2c1.[Re]. The summed E-state index contributed by atoms with van der Waals surface area (Å²) in [5.41, 5.74) is 1.20. The standard InChI is InChI=1S/C11H9.C2H6.Re/c1-9-6-7-10-4-2-3-5-11(10)8-9;1-2;/h2-5,7-8H,1H3;1-2H3;/q-1;;. The molecule has 0 saturated heterocycles. The quantitative estimate of drug-likeness (QED) is 0.626. The molecular formula is C13H15Re-. The summed E-state index contributed by atoms with van der Waals surface area (Å²) in [5, 5.41) is 2.56. The van der Waals surface area contributed by atoms with Crippen LogP contribution in [-0.4, -0.2) is 0 Å². The van der Waals surface area contributed by atoms with Crippen molar-refractivity contribution in [2.45, 2.75) is 20.8 Å². The molecule has 0 saturated carbocycles. The Morgan fingerprint density at radius 3 is 2.21 bits per heavy atom. The first-order valence-electron chi connectivity index (χ1n) is 4.73. The van der Waals surface area contributed by atoms with Crippen molar-refractivity contribution in [2.24, 2.45) is 0 Å². The summed E-state index contributed by atoms with van der Waals surface area (Å²) < 4.78 is 0. The van der Waals surface area contributed by atoms with Crippen LogP contribution in [0.1, 0.15) is 19.4 Å². The van der Waals surface area contributed by atoms with E-state index in [0.717, 1.165) is 0 Å². The van der Waals surface area contributed by atoms with Crippen LogP contribution in [-0.2, 0) is 20.4 Å². The molecule has 14 heavy (non-hydrogen) atoms. The zero-order valence-corrected chi connectivity index (χ0v) is 11.6. The molecule has 1 heteroatoms. The van der Waals surface area contributed by atoms with Gasteiger partial charge in [-0.25, -0.2) is 0 Å². The van der Waals surface area contributed by atoms with Crippen LogP contribution in [0.3, 0.4) is 0 Å². The fourth-order valence-corrected chi connectivity index (χ4v) is 1.24. The van der Waals surface area contributed by atoms with Gasteiger partial charge in [0, 0.05) is 20.4 Å². The van der Waals surface area contributed by atoms with Gasteiger partial charge in [0.05, 0.1) is 0 Å². The predicted octanol–water partition coefficient (Wildman–Crippen LogP) is 3.97. The molecule has 0 unspecified atom stereocenters. The van der Waals surface area contributed by atoms with Gasteiger partial charge in [-0.2, -0.15) is 23.8 Å². The van der Waals surface area contributed by atoms with Crippen molar-refractivity contribution in [1.29, 1.82) is 0 Å². The summed E-state index contributed by atoms with van der Waals surface area (Å²) in [6.45, 7) is 6.06. The van der Waals surface area contributed by atoms with E-state index in [4.69, 9.17) is 0 Å². The Bertz CT molecular complexity index is 380. The van der Waals surface area contributed by atoms with E-state index in [2.05, 4.69) is 37.3 Å². The van der Waals surface area contributed by atoms with Crippen LogP contribution >= 0.6 is 0 Å². The summed E-state index contributed by atoms with van der Waals surface area (Å²) in [5.74, 6) is 0. The van der Waals surface area contributed by atoms with E-state index >= 15 is 0 Å². The van der Waals surface area contributed by atoms with Crippen LogP contribution in [0.4, 0.5) is 0 Å². The molecule has 0 spiro atoms. The fourth-order valence-electron chi connectivity index (χ4n) is 1.24. The number of hydrogen-bond donors (Lipinski definition) is 0. The molecule has 0 N–H and O–H groups in total. The van der Waals surface area contributed by atoms with Gasteiger partial charge in [-0.15, -0.1) is 16.8 Å². The molecular weight excluding hydrogens is 342 g/mol. The Morgan fingerprint density at radius 1 is 1.00 bits per heavy atom. The number of benzene rings is 2. The van der Waals surface area contributed by atoms with E-state index in [1.165, 1.54) is 16.3 Å². The van der Waals surface area contributed by atoms with Crippen LogP contribution in [0.25, 0.3) is 10.8 Å². The van der Waals surface area contributed by atoms with Gasteiger partial charge in [-0.1, -0.05) is 39.0 Å². The average Bonchev–Trinajstić information content (AvgIpc) is 2.21. The molecule has 0 aliphatic rings. The maximum absolute atomic E-state index is 3.17. The fraction of sp³-hybridized carbons (Fsp3) is 0.231. The Kier molecular flexibility index (Phi) is 6.45. The van der Waals surface area contributed by atoms with Crippen molar-refractivity contribution in [3.05, 3.63) is 48.0 Å². The third-order valence-electron chi connectivity index (χ3n) is 1.82. The molecule has 0 amide bonds. The second kappa shape index (κ2) is 6.76. The van der Waals surface area contributed by atoms with Gasteiger partial charge in [0.1, 0.15) is 0 Å². The van der Waals surface area contributed by atoms with Crippen molar-refractivity contribution in [3.63, 3.8) is 0 Å². The minimum Gasteiger partial charge on any atom is -0.180 e. The zero-order valence-electron chi connectivity index (χ0n) is 8.84. The van der Waals surface area contributed by atoms with Gasteiger partial charge in [-0.05, 0) is 0 Å². The summed E-state index contributed by atoms with van der Waals surface area (Å²) in [6, 6.07) is 15.7. The molecule has 0 heterocycles. The Labute approximate surface area is 100.0 Å². The van der Waals surface area contributed by atoms with E-state index in [9.17, 15) is 0 Å². The Hall–Kier alpha value is -0.638. The normalized spacial score (nSPS) is 8.50. The molecule has 0 nitrogen and oxygen atoms in total. The smallest absolute Gasteiger partial charge is 0 e. The summed E-state index contributed by atoms with van der Waals surface area (Å²) in [7, 11) is 0. The summed E-state index contributed by atoms with van der Waals surface area (Å²) in [6.07, 6.45) is 0. The van der Waals surface area contributed by atoms with E-state index < -0.39 is 0 Å². The van der Waals surface area contributed by atoms with Crippen molar-refractivity contribution < 1.29 is 20.4 Å². The summed E-state index contributed by atoms with van der Waals surface area (Å²) >= 11 is 0. The minimum atomic E-state index is 0. The molecule has 1 radical (unpaired) electrons. The predicted molar refractivity (Wildman–Crippen MR) is 58.9 cm³/mol. The number of aryl methyl sites for hydroxylation is 1. The van der Waals surface area contributed by atoms with E-state index in [1.807, 2.05) is 26.0 Å². The largest absolute Gasteiger partial charge is 0.180 e. The molecule has 0 atom stereocenters. The van der Waals surface area contributed by atoms with Gasteiger partial charge < -0.3 is 0 Å². The van der Waals surface area contributed by atoms with E-state index in [1.54, 1.807) is 0 Å². The van der Waals surface area contributed by atoms with Crippen molar-refractivity contribution in [2.75, 3.05) is 0 Å². The average molecular weight is 357 g/mol. The van der Waals surface area contributed by atoms with Gasteiger partial charge >= 0.3 is 0 Å². The Morgan fingerprint density at radius 2 is 1.57 bits per heavy atom. The molecule has 0 aliphatic heterocycles. The van der Waals surface area contributed by atoms with Crippen molar-refractivity contribution in [3.8, 4) is 0 Å². The monoisotopic (exact) mass is 358 g/mol. The maximum atomic E-state index is 3.17. The molecule has 2 aromatic rings. The molecule has 0 fully saturated rings. The maximum Gasteiger partial charge on any atom is 0 e. The van der Waals surface area contributed by atoms with Crippen molar-refractivity contribution in [1.82, 2.24) is 0 Å². The number of rotatable bonds is 0. The van der Waals surface area contributed by atoms with Gasteiger partial charge in [0.2, 0.25) is 0 Å².